The van der Waals surface area contributed by atoms with Gasteiger partial charge in [-0.05, 0) is 129 Å². The molecule has 0 aliphatic carbocycles. The maximum Gasteiger partial charge on any atom is 0.161 e. The lowest BCUT2D eigenvalue weighted by Gasteiger charge is -2.12. The molecular formula is C126H76N6S6. The maximum absolute atomic E-state index is 5.27. The Bertz CT molecular complexity index is 9440. The summed E-state index contributed by atoms with van der Waals surface area (Å²) in [6.07, 6.45) is 0. The van der Waals surface area contributed by atoms with Gasteiger partial charge in [-0.1, -0.05) is 376 Å². The first-order valence-electron chi connectivity index (χ1n) is 46.1. The molecule has 0 saturated heterocycles. The zero-order valence-electron chi connectivity index (χ0n) is 74.0. The highest BCUT2D eigenvalue weighted by molar-refractivity contribution is 7.28. The first-order chi connectivity index (χ1) is 68.3. The van der Waals surface area contributed by atoms with Crippen LogP contribution in [0.25, 0.3) is 267 Å². The molecule has 138 heavy (non-hydrogen) atoms. The fraction of sp³-hybridized carbons (Fsp3) is 0. The van der Waals surface area contributed by atoms with Gasteiger partial charge in [-0.3, -0.25) is 0 Å². The lowest BCUT2D eigenvalue weighted by molar-refractivity contribution is 1.19. The Kier molecular flexibility index (Phi) is 21.0. The van der Waals surface area contributed by atoms with Gasteiger partial charge in [0.25, 0.3) is 0 Å². The second-order valence-corrected chi connectivity index (χ2v) is 41.0. The third-order valence-corrected chi connectivity index (χ3v) is 33.1. The molecule has 0 N–H and O–H groups in total. The standard InChI is InChI=1S/C46H28N2S2.2C40H24N2S2/c1-2-10-29(11-3-1)30-20-24-32(25-21-30)39-28-40(37-16-8-15-36-35-12-4-6-17-41(35)50-45(36)37)48-46(47-39)33-26-22-31(23-27-33)34-14-9-19-43-44(34)38-13-5-7-18-42(38)49-43;1-2-10-25(11-3-1)26-20-22-27(23-21-26)40-41-32(28-14-8-18-36-38(28)30-12-4-6-16-34(30)43-36)24-33(42-40)29-15-9-19-37-39(29)31-13-5-7-17-35(31)44-37;1-2-9-25(10-3-1)26-17-19-27(20-18-26)33-24-34(28-21-22-30-29-11-4-6-14-35(29)44-38(30)23-28)42-40(41-33)32-13-8-16-37-39(32)31-12-5-7-15-36(31)43-37/h1-28H;2*1-24H. The Morgan fingerprint density at radius 1 is 0.123 bits per heavy atom. The van der Waals surface area contributed by atoms with Crippen LogP contribution in [0.15, 0.2) is 461 Å². The van der Waals surface area contributed by atoms with Gasteiger partial charge in [0.05, 0.1) is 34.2 Å². The Labute approximate surface area is 819 Å². The van der Waals surface area contributed by atoms with E-state index in [-0.39, 0.29) is 0 Å². The molecule has 0 atom stereocenters. The molecule has 0 bridgehead atoms. The summed E-state index contributed by atoms with van der Waals surface area (Å²) in [6, 6.07) is 164. The third kappa shape index (κ3) is 15.2. The van der Waals surface area contributed by atoms with Gasteiger partial charge in [-0.2, -0.15) is 0 Å². The summed E-state index contributed by atoms with van der Waals surface area (Å²) >= 11 is 11.0. The van der Waals surface area contributed by atoms with Crippen LogP contribution < -0.4 is 0 Å². The Morgan fingerprint density at radius 2 is 0.377 bits per heavy atom. The largest absolute Gasteiger partial charge is 0.228 e. The highest BCUT2D eigenvalue weighted by Gasteiger charge is 2.24. The molecule has 0 fully saturated rings. The van der Waals surface area contributed by atoms with Gasteiger partial charge in [0.1, 0.15) is 0 Å². The average Bonchev–Trinajstić information content (AvgIpc) is 1.56. The maximum atomic E-state index is 5.27. The minimum Gasteiger partial charge on any atom is -0.228 e. The summed E-state index contributed by atoms with van der Waals surface area (Å²) in [5.74, 6) is 2.19. The van der Waals surface area contributed by atoms with Crippen LogP contribution in [0.1, 0.15) is 0 Å². The summed E-state index contributed by atoms with van der Waals surface area (Å²) in [4.78, 5) is 31.5. The van der Waals surface area contributed by atoms with Gasteiger partial charge in [0.15, 0.2) is 17.5 Å². The van der Waals surface area contributed by atoms with E-state index in [2.05, 4.69) is 455 Å². The van der Waals surface area contributed by atoms with Crippen molar-refractivity contribution in [2.24, 2.45) is 0 Å². The van der Waals surface area contributed by atoms with Crippen molar-refractivity contribution < 1.29 is 0 Å². The van der Waals surface area contributed by atoms with Crippen LogP contribution in [-0.4, -0.2) is 29.9 Å². The summed E-state index contributed by atoms with van der Waals surface area (Å²) < 4.78 is 15.4. The van der Waals surface area contributed by atoms with E-state index in [1.54, 1.807) is 0 Å². The first-order valence-corrected chi connectivity index (χ1v) is 51.0. The number of thiophene rings is 6. The van der Waals surface area contributed by atoms with E-state index in [1.165, 1.54) is 166 Å². The second-order valence-electron chi connectivity index (χ2n) is 34.5. The normalized spacial score (nSPS) is 11.6. The number of nitrogens with zero attached hydrogens (tertiary/aromatic N) is 6. The van der Waals surface area contributed by atoms with Crippen molar-refractivity contribution in [1.29, 1.82) is 0 Å². The number of hydrogen-bond acceptors (Lipinski definition) is 12. The predicted octanol–water partition coefficient (Wildman–Crippen LogP) is 37.3. The SMILES string of the molecule is c1ccc(-c2ccc(-c3cc(-c4ccc5c(c4)sc4ccccc45)nc(-c4cccc5sc6ccccc6c45)n3)cc2)cc1.c1ccc(-c2ccc(-c3cc(-c4cccc5c4sc4ccccc45)nc(-c4ccc(-c5cccc6sc7ccccc7c56)cc4)n3)cc2)cc1.c1ccc(-c2ccc(-c3nc(-c4cccc5sc6ccccc6c45)cc(-c4cccc5sc6ccccc6c45)n3)cc2)cc1. The molecule has 0 amide bonds. The van der Waals surface area contributed by atoms with Crippen LogP contribution in [0.5, 0.6) is 0 Å². The number of aromatic nitrogens is 6. The predicted molar refractivity (Wildman–Crippen MR) is 594 cm³/mol. The van der Waals surface area contributed by atoms with E-state index in [1.807, 2.05) is 74.1 Å². The topological polar surface area (TPSA) is 77.3 Å². The molecule has 12 heteroatoms. The fourth-order valence-corrected chi connectivity index (χ4v) is 26.4. The zero-order valence-corrected chi connectivity index (χ0v) is 78.9. The van der Waals surface area contributed by atoms with Crippen LogP contribution in [-0.2, 0) is 0 Å². The second kappa shape index (κ2) is 35.2. The molecular weight excluding hydrogens is 1790 g/mol. The monoisotopic (exact) mass is 1860 g/mol. The minimum atomic E-state index is 0.716. The third-order valence-electron chi connectivity index (χ3n) is 26.2. The van der Waals surface area contributed by atoms with Crippen molar-refractivity contribution in [1.82, 2.24) is 29.9 Å². The smallest absolute Gasteiger partial charge is 0.161 e. The molecule has 0 unspecified atom stereocenters. The van der Waals surface area contributed by atoms with Gasteiger partial charge in [0, 0.05) is 171 Å². The van der Waals surface area contributed by atoms with E-state index >= 15 is 0 Å². The van der Waals surface area contributed by atoms with Crippen LogP contribution in [0.4, 0.5) is 0 Å². The quantitative estimate of drug-likeness (QED) is 0.114. The van der Waals surface area contributed by atoms with Crippen LogP contribution in [0, 0.1) is 0 Å². The first kappa shape index (κ1) is 82.4. The molecule has 0 radical (unpaired) electrons. The van der Waals surface area contributed by atoms with Gasteiger partial charge < -0.3 is 0 Å². The van der Waals surface area contributed by atoms with Gasteiger partial charge in [-0.25, -0.2) is 29.9 Å². The van der Waals surface area contributed by atoms with Gasteiger partial charge >= 0.3 is 0 Å². The van der Waals surface area contributed by atoms with Crippen LogP contribution in [0.2, 0.25) is 0 Å². The van der Waals surface area contributed by atoms with Crippen molar-refractivity contribution in [3.8, 4) is 146 Å². The molecule has 646 valence electrons. The van der Waals surface area contributed by atoms with Crippen molar-refractivity contribution in [3.05, 3.63) is 461 Å². The number of benzene rings is 19. The summed E-state index contributed by atoms with van der Waals surface area (Å²) in [7, 11) is 0. The van der Waals surface area contributed by atoms with Crippen molar-refractivity contribution in [2.75, 3.05) is 0 Å². The minimum absolute atomic E-state index is 0.716. The molecule has 0 saturated carbocycles. The van der Waals surface area contributed by atoms with E-state index in [9.17, 15) is 0 Å². The van der Waals surface area contributed by atoms with Crippen molar-refractivity contribution in [3.63, 3.8) is 0 Å². The van der Waals surface area contributed by atoms with E-state index < -0.39 is 0 Å². The highest BCUT2D eigenvalue weighted by atomic mass is 32.1. The molecule has 28 rings (SSSR count). The number of hydrogen-bond donors (Lipinski definition) is 0. The Morgan fingerprint density at radius 3 is 0.826 bits per heavy atom. The Balaban J connectivity index is 0.000000107. The molecule has 0 aliphatic rings. The zero-order chi connectivity index (χ0) is 91.1. The average molecular weight is 1870 g/mol. The van der Waals surface area contributed by atoms with Crippen LogP contribution >= 0.6 is 68.0 Å². The molecule has 19 aromatic carbocycles. The van der Waals surface area contributed by atoms with E-state index in [0.29, 0.717) is 5.82 Å². The van der Waals surface area contributed by atoms with Crippen molar-refractivity contribution >= 4 is 189 Å². The van der Waals surface area contributed by atoms with Crippen molar-refractivity contribution in [2.45, 2.75) is 0 Å². The van der Waals surface area contributed by atoms with Crippen LogP contribution in [0.3, 0.4) is 0 Å². The fourth-order valence-electron chi connectivity index (χ4n) is 19.5. The number of fused-ring (bicyclic) bond motifs is 18. The summed E-state index contributed by atoms with van der Waals surface area (Å²) in [5, 5.41) is 15.3. The summed E-state index contributed by atoms with van der Waals surface area (Å²) in [6.45, 7) is 0. The highest BCUT2D eigenvalue weighted by Crippen LogP contribution is 2.49. The molecule has 28 aromatic rings. The lowest BCUT2D eigenvalue weighted by Crippen LogP contribution is -1.96. The van der Waals surface area contributed by atoms with Gasteiger partial charge in [0.2, 0.25) is 0 Å². The molecule has 0 aliphatic heterocycles. The molecule has 6 nitrogen and oxygen atoms in total. The lowest BCUT2D eigenvalue weighted by atomic mass is 9.98. The number of rotatable bonds is 13. The van der Waals surface area contributed by atoms with Gasteiger partial charge in [-0.15, -0.1) is 68.0 Å². The summed E-state index contributed by atoms with van der Waals surface area (Å²) in [5.41, 5.74) is 24.8. The van der Waals surface area contributed by atoms with E-state index in [0.717, 1.165) is 95.9 Å². The van der Waals surface area contributed by atoms with E-state index in [4.69, 9.17) is 29.9 Å². The molecule has 9 aromatic heterocycles. The Hall–Kier alpha value is -16.3. The molecule has 9 heterocycles. The molecule has 0 spiro atoms.